The van der Waals surface area contributed by atoms with Crippen LogP contribution in [-0.2, 0) is 0 Å². The first-order valence-corrected chi connectivity index (χ1v) is 11.1. The molecule has 0 aliphatic heterocycles. The molecule has 3 rings (SSSR count). The van der Waals surface area contributed by atoms with Crippen LogP contribution in [0.2, 0.25) is 0 Å². The van der Waals surface area contributed by atoms with Gasteiger partial charge in [0.15, 0.2) is 0 Å². The highest BCUT2D eigenvalue weighted by atomic mass is 14.5. The van der Waals surface area contributed by atoms with Gasteiger partial charge in [-0.25, -0.2) is 0 Å². The maximum absolute atomic E-state index is 2.62. The normalized spacial score (nSPS) is 33.5. The fourth-order valence-corrected chi connectivity index (χ4v) is 6.61. The molecule has 0 saturated heterocycles. The van der Waals surface area contributed by atoms with Crippen LogP contribution in [0.5, 0.6) is 0 Å². The lowest BCUT2D eigenvalue weighted by Gasteiger charge is -2.47. The Bertz CT molecular complexity index is 335. The van der Waals surface area contributed by atoms with E-state index in [1.54, 1.807) is 12.8 Å². The summed E-state index contributed by atoms with van der Waals surface area (Å²) in [5.41, 5.74) is 0.611. The van der Waals surface area contributed by atoms with Crippen molar-refractivity contribution < 1.29 is 0 Å². The lowest BCUT2D eigenvalue weighted by molar-refractivity contribution is 0.0334. The van der Waals surface area contributed by atoms with Crippen LogP contribution in [0.15, 0.2) is 0 Å². The zero-order chi connectivity index (χ0) is 16.3. The second kappa shape index (κ2) is 7.92. The predicted octanol–water partition coefficient (Wildman–Crippen LogP) is 7.62. The van der Waals surface area contributed by atoms with Gasteiger partial charge in [0.1, 0.15) is 0 Å². The van der Waals surface area contributed by atoms with Gasteiger partial charge in [0.2, 0.25) is 0 Å². The van der Waals surface area contributed by atoms with Crippen LogP contribution in [-0.4, -0.2) is 0 Å². The molecule has 3 saturated carbocycles. The smallest absolute Gasteiger partial charge is 0.0298 e. The van der Waals surface area contributed by atoms with E-state index < -0.39 is 0 Å². The first kappa shape index (κ1) is 17.8. The molecule has 0 amide bonds. The van der Waals surface area contributed by atoms with Crippen LogP contribution in [0, 0.1) is 35.0 Å². The second-order valence-corrected chi connectivity index (χ2v) is 10.0. The third-order valence-corrected chi connectivity index (χ3v) is 8.62. The van der Waals surface area contributed by atoms with E-state index in [1.165, 1.54) is 77.0 Å². The summed E-state index contributed by atoms with van der Waals surface area (Å²) in [6.07, 6.45) is 21.3. The minimum Gasteiger partial charge on any atom is -0.0620 e. The Balaban J connectivity index is 1.51. The fraction of sp³-hybridized carbons (Fsp3) is 1.00. The topological polar surface area (TPSA) is 0 Å². The van der Waals surface area contributed by atoms with Crippen molar-refractivity contribution in [1.29, 1.82) is 0 Å². The summed E-state index contributed by atoms with van der Waals surface area (Å²) in [5, 5.41) is 0. The van der Waals surface area contributed by atoms with Gasteiger partial charge in [-0.05, 0) is 73.5 Å². The van der Waals surface area contributed by atoms with Gasteiger partial charge in [0, 0.05) is 0 Å². The molecule has 0 aromatic rings. The van der Waals surface area contributed by atoms with Crippen molar-refractivity contribution >= 4 is 0 Å². The van der Waals surface area contributed by atoms with Gasteiger partial charge in [-0.3, -0.25) is 0 Å². The SMILES string of the molecule is CC(C1CCCCC1)C1CCC(C(C)(C)C2CCCCC2)CC1. The molecule has 3 aliphatic carbocycles. The van der Waals surface area contributed by atoms with Crippen molar-refractivity contribution in [3.8, 4) is 0 Å². The molecular formula is C23H42. The third-order valence-electron chi connectivity index (χ3n) is 8.62. The molecule has 0 heterocycles. The Labute approximate surface area is 146 Å². The van der Waals surface area contributed by atoms with Gasteiger partial charge >= 0.3 is 0 Å². The van der Waals surface area contributed by atoms with Crippen molar-refractivity contribution in [2.24, 2.45) is 35.0 Å². The monoisotopic (exact) mass is 318 g/mol. The molecule has 0 bridgehead atoms. The molecule has 0 spiro atoms. The van der Waals surface area contributed by atoms with Crippen molar-refractivity contribution in [1.82, 2.24) is 0 Å². The molecule has 0 heteroatoms. The van der Waals surface area contributed by atoms with E-state index in [9.17, 15) is 0 Å². The van der Waals surface area contributed by atoms with Crippen LogP contribution in [0.1, 0.15) is 111 Å². The largest absolute Gasteiger partial charge is 0.0620 e. The molecule has 0 aromatic heterocycles. The molecular weight excluding hydrogens is 276 g/mol. The Hall–Kier alpha value is 0. The highest BCUT2D eigenvalue weighted by Crippen LogP contribution is 2.50. The first-order valence-electron chi connectivity index (χ1n) is 11.1. The molecule has 134 valence electrons. The summed E-state index contributed by atoms with van der Waals surface area (Å²) in [7, 11) is 0. The highest BCUT2D eigenvalue weighted by Gasteiger charge is 2.40. The van der Waals surface area contributed by atoms with E-state index in [0.29, 0.717) is 5.41 Å². The number of hydrogen-bond donors (Lipinski definition) is 0. The molecule has 0 N–H and O–H groups in total. The molecule has 0 aromatic carbocycles. The van der Waals surface area contributed by atoms with E-state index in [1.807, 2.05) is 0 Å². The summed E-state index contributed by atoms with van der Waals surface area (Å²) >= 11 is 0. The summed E-state index contributed by atoms with van der Waals surface area (Å²) in [5.74, 6) is 5.16. The van der Waals surface area contributed by atoms with E-state index in [0.717, 1.165) is 29.6 Å². The quantitative estimate of drug-likeness (QED) is 0.500. The van der Waals surface area contributed by atoms with Crippen LogP contribution < -0.4 is 0 Å². The average Bonchev–Trinajstić information content (AvgIpc) is 2.63. The number of hydrogen-bond acceptors (Lipinski definition) is 0. The van der Waals surface area contributed by atoms with E-state index in [4.69, 9.17) is 0 Å². The summed E-state index contributed by atoms with van der Waals surface area (Å²) in [6, 6.07) is 0. The zero-order valence-corrected chi connectivity index (χ0v) is 16.3. The van der Waals surface area contributed by atoms with Crippen molar-refractivity contribution in [2.45, 2.75) is 111 Å². The Morgan fingerprint density at radius 2 is 1.00 bits per heavy atom. The summed E-state index contributed by atoms with van der Waals surface area (Å²) < 4.78 is 0. The molecule has 1 atom stereocenters. The van der Waals surface area contributed by atoms with Crippen LogP contribution in [0.3, 0.4) is 0 Å². The number of rotatable bonds is 4. The Morgan fingerprint density at radius 3 is 1.57 bits per heavy atom. The molecule has 23 heavy (non-hydrogen) atoms. The van der Waals surface area contributed by atoms with Gasteiger partial charge in [-0.15, -0.1) is 0 Å². The maximum atomic E-state index is 2.62. The van der Waals surface area contributed by atoms with Crippen molar-refractivity contribution in [2.75, 3.05) is 0 Å². The van der Waals surface area contributed by atoms with E-state index in [2.05, 4.69) is 20.8 Å². The van der Waals surface area contributed by atoms with Gasteiger partial charge in [-0.2, -0.15) is 0 Å². The summed E-state index contributed by atoms with van der Waals surface area (Å²) in [6.45, 7) is 7.85. The average molecular weight is 319 g/mol. The van der Waals surface area contributed by atoms with Crippen molar-refractivity contribution in [3.63, 3.8) is 0 Å². The molecule has 3 fully saturated rings. The Morgan fingerprint density at radius 1 is 0.565 bits per heavy atom. The lowest BCUT2D eigenvalue weighted by atomic mass is 9.58. The van der Waals surface area contributed by atoms with Gasteiger partial charge in [0.05, 0.1) is 0 Å². The second-order valence-electron chi connectivity index (χ2n) is 10.0. The van der Waals surface area contributed by atoms with Gasteiger partial charge in [-0.1, -0.05) is 72.1 Å². The van der Waals surface area contributed by atoms with E-state index >= 15 is 0 Å². The molecule has 0 nitrogen and oxygen atoms in total. The molecule has 0 radical (unpaired) electrons. The highest BCUT2D eigenvalue weighted by molar-refractivity contribution is 4.91. The van der Waals surface area contributed by atoms with Gasteiger partial charge in [0.25, 0.3) is 0 Å². The minimum absolute atomic E-state index is 0.611. The van der Waals surface area contributed by atoms with Crippen LogP contribution >= 0.6 is 0 Å². The maximum Gasteiger partial charge on any atom is -0.0298 e. The van der Waals surface area contributed by atoms with Crippen molar-refractivity contribution in [3.05, 3.63) is 0 Å². The standard InChI is InChI=1S/C23H42/c1-18(19-10-6-4-7-11-19)20-14-16-22(17-15-20)23(2,3)21-12-8-5-9-13-21/h18-22H,4-17H2,1-3H3. The predicted molar refractivity (Wildman–Crippen MR) is 102 cm³/mol. The fourth-order valence-electron chi connectivity index (χ4n) is 6.61. The third kappa shape index (κ3) is 4.16. The van der Waals surface area contributed by atoms with E-state index in [-0.39, 0.29) is 0 Å². The van der Waals surface area contributed by atoms with Crippen LogP contribution in [0.4, 0.5) is 0 Å². The molecule has 1 unspecified atom stereocenters. The lowest BCUT2D eigenvalue weighted by Crippen LogP contribution is -2.37. The molecule has 3 aliphatic rings. The van der Waals surface area contributed by atoms with Crippen LogP contribution in [0.25, 0.3) is 0 Å². The zero-order valence-electron chi connectivity index (χ0n) is 16.3. The van der Waals surface area contributed by atoms with Gasteiger partial charge < -0.3 is 0 Å². The Kier molecular flexibility index (Phi) is 6.13. The summed E-state index contributed by atoms with van der Waals surface area (Å²) in [4.78, 5) is 0. The minimum atomic E-state index is 0.611. The first-order chi connectivity index (χ1) is 11.1.